The molecule has 0 aromatic carbocycles. The summed E-state index contributed by atoms with van der Waals surface area (Å²) in [6, 6.07) is 0. The van der Waals surface area contributed by atoms with Crippen LogP contribution in [-0.4, -0.2) is 46.3 Å². The third-order valence-corrected chi connectivity index (χ3v) is 3.52. The fourth-order valence-corrected chi connectivity index (χ4v) is 2.08. The van der Waals surface area contributed by atoms with Gasteiger partial charge in [-0.15, -0.1) is 0 Å². The highest BCUT2D eigenvalue weighted by Gasteiger charge is 2.43. The van der Waals surface area contributed by atoms with Crippen molar-refractivity contribution in [1.82, 2.24) is 0 Å². The van der Waals surface area contributed by atoms with E-state index < -0.39 is 42.3 Å². The largest absolute Gasteiger partial charge is 0.481 e. The van der Waals surface area contributed by atoms with Crippen molar-refractivity contribution in [1.29, 1.82) is 0 Å². The molecule has 8 heteroatoms. The Morgan fingerprint density at radius 1 is 1.12 bits per heavy atom. The number of carbonyl (C=O) groups is 4. The van der Waals surface area contributed by atoms with E-state index in [1.807, 2.05) is 13.8 Å². The number of unbranched alkanes of at least 4 members (excludes halogenated alkanes) is 1. The minimum atomic E-state index is -2.64. The molecule has 2 unspecified atom stereocenters. The first kappa shape index (κ1) is 22.0. The van der Waals surface area contributed by atoms with Gasteiger partial charge in [0.2, 0.25) is 0 Å². The molecule has 2 atom stereocenters. The molecule has 0 heterocycles. The van der Waals surface area contributed by atoms with Crippen molar-refractivity contribution in [3.63, 3.8) is 0 Å². The Kier molecular flexibility index (Phi) is 9.87. The Morgan fingerprint density at radius 2 is 1.75 bits per heavy atom. The van der Waals surface area contributed by atoms with Crippen LogP contribution >= 0.6 is 0 Å². The highest BCUT2D eigenvalue weighted by molar-refractivity contribution is 5.94. The highest BCUT2D eigenvalue weighted by atomic mass is 16.6. The molecule has 0 aliphatic heterocycles. The van der Waals surface area contributed by atoms with Gasteiger partial charge in [-0.1, -0.05) is 33.1 Å². The summed E-state index contributed by atoms with van der Waals surface area (Å²) >= 11 is 0. The van der Waals surface area contributed by atoms with Crippen molar-refractivity contribution < 1.29 is 38.9 Å². The third kappa shape index (κ3) is 8.61. The second kappa shape index (κ2) is 10.7. The summed E-state index contributed by atoms with van der Waals surface area (Å²) in [5.41, 5.74) is -2.64. The maximum Gasteiger partial charge on any atom is 0.346 e. The van der Waals surface area contributed by atoms with Gasteiger partial charge in [-0.05, 0) is 12.3 Å². The number of carbonyl (C=O) groups excluding carboxylic acids is 3. The van der Waals surface area contributed by atoms with Crippen LogP contribution in [0.1, 0.15) is 59.3 Å². The van der Waals surface area contributed by atoms with Crippen LogP contribution in [0.25, 0.3) is 0 Å². The summed E-state index contributed by atoms with van der Waals surface area (Å²) in [6.07, 6.45) is 1.73. The molecule has 0 aromatic rings. The molecule has 138 valence electrons. The number of hydrogen-bond donors (Lipinski definition) is 2. The summed E-state index contributed by atoms with van der Waals surface area (Å²) in [5.74, 6) is -4.77. The van der Waals surface area contributed by atoms with E-state index in [0.29, 0.717) is 0 Å². The zero-order valence-electron chi connectivity index (χ0n) is 14.4. The lowest BCUT2D eigenvalue weighted by atomic mass is 9.95. The first-order valence-electron chi connectivity index (χ1n) is 7.97. The molecule has 0 aromatic heterocycles. The average Bonchev–Trinajstić information content (AvgIpc) is 2.45. The summed E-state index contributed by atoms with van der Waals surface area (Å²) < 4.78 is 9.26. The minimum absolute atomic E-state index is 0.125. The number of aliphatic carboxylic acids is 1. The topological polar surface area (TPSA) is 127 Å². The summed E-state index contributed by atoms with van der Waals surface area (Å²) in [5, 5.41) is 18.9. The number of ether oxygens (including phenoxy) is 2. The van der Waals surface area contributed by atoms with Crippen LogP contribution in [0.3, 0.4) is 0 Å². The fraction of sp³-hybridized carbons (Fsp3) is 0.750. The maximum atomic E-state index is 11.9. The van der Waals surface area contributed by atoms with Crippen LogP contribution in [0, 0.1) is 5.92 Å². The van der Waals surface area contributed by atoms with Crippen LogP contribution in [0.5, 0.6) is 0 Å². The van der Waals surface area contributed by atoms with Crippen molar-refractivity contribution in [2.45, 2.75) is 64.9 Å². The SMILES string of the molecule is CCCCC(CC)COC(=O)CC(O)(CC(=O)O)C(=O)OC(C)=O. The Balaban J connectivity index is 4.77. The summed E-state index contributed by atoms with van der Waals surface area (Å²) in [4.78, 5) is 45.2. The number of carboxylic acids is 1. The van der Waals surface area contributed by atoms with Crippen LogP contribution in [-0.2, 0) is 28.7 Å². The van der Waals surface area contributed by atoms with E-state index in [2.05, 4.69) is 4.74 Å². The first-order chi connectivity index (χ1) is 11.1. The van der Waals surface area contributed by atoms with Gasteiger partial charge >= 0.3 is 23.9 Å². The summed E-state index contributed by atoms with van der Waals surface area (Å²) in [7, 11) is 0. The Labute approximate surface area is 141 Å². The molecule has 0 amide bonds. The lowest BCUT2D eigenvalue weighted by Crippen LogP contribution is -2.45. The van der Waals surface area contributed by atoms with Gasteiger partial charge in [0.25, 0.3) is 0 Å². The van der Waals surface area contributed by atoms with E-state index in [-0.39, 0.29) is 12.5 Å². The number of carboxylic acid groups (broad SMARTS) is 1. The number of rotatable bonds is 11. The van der Waals surface area contributed by atoms with Gasteiger partial charge in [0.05, 0.1) is 19.4 Å². The Hall–Kier alpha value is -1.96. The quantitative estimate of drug-likeness (QED) is 0.425. The van der Waals surface area contributed by atoms with Crippen molar-refractivity contribution in [3.05, 3.63) is 0 Å². The third-order valence-electron chi connectivity index (χ3n) is 3.52. The molecule has 0 saturated carbocycles. The molecule has 0 aliphatic carbocycles. The number of hydrogen-bond acceptors (Lipinski definition) is 7. The molecule has 0 aliphatic rings. The lowest BCUT2D eigenvalue weighted by molar-refractivity contribution is -0.181. The molecule has 8 nitrogen and oxygen atoms in total. The molecule has 0 fully saturated rings. The van der Waals surface area contributed by atoms with Gasteiger partial charge in [0, 0.05) is 6.92 Å². The molecular formula is C16H26O8. The number of aliphatic hydroxyl groups is 1. The predicted octanol–water partition coefficient (Wildman–Crippen LogP) is 1.43. The molecule has 2 N–H and O–H groups in total. The van der Waals surface area contributed by atoms with Gasteiger partial charge in [-0.25, -0.2) is 4.79 Å². The molecular weight excluding hydrogens is 320 g/mol. The van der Waals surface area contributed by atoms with Crippen molar-refractivity contribution >= 4 is 23.9 Å². The molecule has 0 radical (unpaired) electrons. The van der Waals surface area contributed by atoms with Gasteiger partial charge in [0.15, 0.2) is 5.60 Å². The van der Waals surface area contributed by atoms with Crippen molar-refractivity contribution in [2.24, 2.45) is 5.92 Å². The van der Waals surface area contributed by atoms with E-state index in [9.17, 15) is 24.3 Å². The van der Waals surface area contributed by atoms with Crippen LogP contribution in [0.2, 0.25) is 0 Å². The molecule has 0 rings (SSSR count). The van der Waals surface area contributed by atoms with E-state index in [1.165, 1.54) is 0 Å². The standard InChI is InChI=1S/C16H26O8/c1-4-6-7-12(5-2)10-23-14(20)9-16(22,8-13(18)19)15(21)24-11(3)17/h12,22H,4-10H2,1-3H3,(H,18,19). The van der Waals surface area contributed by atoms with Crippen LogP contribution in [0.15, 0.2) is 0 Å². The number of esters is 3. The predicted molar refractivity (Wildman–Crippen MR) is 82.9 cm³/mol. The zero-order valence-corrected chi connectivity index (χ0v) is 14.4. The summed E-state index contributed by atoms with van der Waals surface area (Å²) in [6.45, 7) is 5.06. The first-order valence-corrected chi connectivity index (χ1v) is 7.97. The van der Waals surface area contributed by atoms with Crippen molar-refractivity contribution in [3.8, 4) is 0 Å². The lowest BCUT2D eigenvalue weighted by Gasteiger charge is -2.23. The zero-order chi connectivity index (χ0) is 18.8. The second-order valence-corrected chi connectivity index (χ2v) is 5.76. The normalized spacial score (nSPS) is 14.3. The Bertz CT molecular complexity index is 459. The van der Waals surface area contributed by atoms with Gasteiger partial charge in [0.1, 0.15) is 0 Å². The van der Waals surface area contributed by atoms with Crippen LogP contribution in [0.4, 0.5) is 0 Å². The molecule has 24 heavy (non-hydrogen) atoms. The fourth-order valence-electron chi connectivity index (χ4n) is 2.08. The second-order valence-electron chi connectivity index (χ2n) is 5.76. The van der Waals surface area contributed by atoms with E-state index in [0.717, 1.165) is 32.6 Å². The Morgan fingerprint density at radius 3 is 2.21 bits per heavy atom. The smallest absolute Gasteiger partial charge is 0.346 e. The van der Waals surface area contributed by atoms with Gasteiger partial charge in [-0.3, -0.25) is 14.4 Å². The molecule has 0 bridgehead atoms. The van der Waals surface area contributed by atoms with E-state index in [4.69, 9.17) is 9.84 Å². The maximum absolute atomic E-state index is 11.9. The van der Waals surface area contributed by atoms with Crippen LogP contribution < -0.4 is 0 Å². The van der Waals surface area contributed by atoms with Gasteiger partial charge < -0.3 is 19.7 Å². The monoisotopic (exact) mass is 346 g/mol. The van der Waals surface area contributed by atoms with E-state index >= 15 is 0 Å². The average molecular weight is 346 g/mol. The molecule has 0 spiro atoms. The molecule has 0 saturated heterocycles. The van der Waals surface area contributed by atoms with Crippen molar-refractivity contribution in [2.75, 3.05) is 6.61 Å². The van der Waals surface area contributed by atoms with E-state index in [1.54, 1.807) is 0 Å². The minimum Gasteiger partial charge on any atom is -0.481 e. The highest BCUT2D eigenvalue weighted by Crippen LogP contribution is 2.20. The van der Waals surface area contributed by atoms with Gasteiger partial charge in [-0.2, -0.15) is 0 Å².